The van der Waals surface area contributed by atoms with Crippen molar-refractivity contribution in [3.8, 4) is 11.4 Å². The highest BCUT2D eigenvalue weighted by Gasteiger charge is 2.38. The largest absolute Gasteiger partial charge is 0.353 e. The number of likely N-dealkylation sites (tertiary alicyclic amines) is 1. The van der Waals surface area contributed by atoms with Gasteiger partial charge in [-0.05, 0) is 38.8 Å². The number of carbonyl (C=O) groups excluding carboxylic acids is 2. The highest BCUT2D eigenvalue weighted by atomic mass is 16.5. The van der Waals surface area contributed by atoms with Crippen molar-refractivity contribution in [2.75, 3.05) is 37.6 Å². The minimum absolute atomic E-state index is 0.0863. The lowest BCUT2D eigenvalue weighted by atomic mass is 10.1. The smallest absolute Gasteiger partial charge is 0.230 e. The molecule has 0 spiro atoms. The summed E-state index contributed by atoms with van der Waals surface area (Å²) in [4.78, 5) is 40.2. The average Bonchev–Trinajstić information content (AvgIpc) is 3.59. The molecule has 0 N–H and O–H groups in total. The van der Waals surface area contributed by atoms with E-state index in [1.165, 1.54) is 12.8 Å². The van der Waals surface area contributed by atoms with Crippen LogP contribution in [0.3, 0.4) is 0 Å². The van der Waals surface area contributed by atoms with Crippen molar-refractivity contribution >= 4 is 17.6 Å². The SMILES string of the molecule is CC(C)N1CC(C(=O)N2CCN(c3ccc(-c4noc(C5CCCC5)n4)cn3)CC2)CC1=O. The monoisotopic (exact) mass is 452 g/mol. The molecule has 0 radical (unpaired) electrons. The Morgan fingerprint density at radius 2 is 1.88 bits per heavy atom. The first kappa shape index (κ1) is 21.9. The van der Waals surface area contributed by atoms with Gasteiger partial charge in [-0.25, -0.2) is 4.98 Å². The molecule has 1 saturated carbocycles. The molecule has 3 aliphatic rings. The van der Waals surface area contributed by atoms with Crippen molar-refractivity contribution in [2.24, 2.45) is 5.92 Å². The van der Waals surface area contributed by atoms with Crippen LogP contribution < -0.4 is 4.90 Å². The maximum absolute atomic E-state index is 12.9. The lowest BCUT2D eigenvalue weighted by Crippen LogP contribution is -2.51. The zero-order valence-corrected chi connectivity index (χ0v) is 19.4. The van der Waals surface area contributed by atoms with Crippen molar-refractivity contribution in [3.05, 3.63) is 24.2 Å². The standard InChI is InChI=1S/C24H32N6O3/c1-16(2)30-15-19(13-21(30)31)24(32)29-11-9-28(10-12-29)20-8-7-18(14-25-20)22-26-23(33-27-22)17-5-3-4-6-17/h7-8,14,16-17,19H,3-6,9-13,15H2,1-2H3. The molecule has 1 atom stereocenters. The second-order valence-electron chi connectivity index (χ2n) is 9.70. The predicted octanol–water partition coefficient (Wildman–Crippen LogP) is 2.69. The Morgan fingerprint density at radius 3 is 2.52 bits per heavy atom. The molecule has 33 heavy (non-hydrogen) atoms. The first-order valence-corrected chi connectivity index (χ1v) is 12.1. The number of nitrogens with zero attached hydrogens (tertiary/aromatic N) is 6. The summed E-state index contributed by atoms with van der Waals surface area (Å²) in [5.74, 6) is 2.59. The van der Waals surface area contributed by atoms with Crippen molar-refractivity contribution < 1.29 is 14.1 Å². The molecule has 4 heterocycles. The van der Waals surface area contributed by atoms with Gasteiger partial charge in [-0.15, -0.1) is 0 Å². The van der Waals surface area contributed by atoms with Crippen LogP contribution in [0.25, 0.3) is 11.4 Å². The minimum atomic E-state index is -0.215. The molecule has 0 bridgehead atoms. The summed E-state index contributed by atoms with van der Waals surface area (Å²) in [6.07, 6.45) is 6.83. The second kappa shape index (κ2) is 9.11. The first-order chi connectivity index (χ1) is 16.0. The molecule has 3 fully saturated rings. The number of anilines is 1. The average molecular weight is 453 g/mol. The van der Waals surface area contributed by atoms with Crippen LogP contribution in [0.2, 0.25) is 0 Å². The van der Waals surface area contributed by atoms with Gasteiger partial charge in [0.25, 0.3) is 0 Å². The molecule has 0 aromatic carbocycles. The van der Waals surface area contributed by atoms with Crippen LogP contribution in [-0.2, 0) is 9.59 Å². The Labute approximate surface area is 194 Å². The van der Waals surface area contributed by atoms with E-state index in [1.54, 1.807) is 6.20 Å². The molecular weight excluding hydrogens is 420 g/mol. The van der Waals surface area contributed by atoms with E-state index < -0.39 is 0 Å². The van der Waals surface area contributed by atoms with E-state index in [2.05, 4.69) is 20.0 Å². The molecule has 176 valence electrons. The number of carbonyl (C=O) groups is 2. The number of hydrogen-bond acceptors (Lipinski definition) is 7. The molecule has 9 heteroatoms. The summed E-state index contributed by atoms with van der Waals surface area (Å²) in [6, 6.07) is 4.10. The van der Waals surface area contributed by atoms with Gasteiger partial charge in [-0.1, -0.05) is 18.0 Å². The normalized spacial score (nSPS) is 22.1. The van der Waals surface area contributed by atoms with Gasteiger partial charge in [-0.3, -0.25) is 9.59 Å². The summed E-state index contributed by atoms with van der Waals surface area (Å²) in [5.41, 5.74) is 0.848. The van der Waals surface area contributed by atoms with Crippen LogP contribution in [0, 0.1) is 5.92 Å². The third kappa shape index (κ3) is 4.45. The Bertz CT molecular complexity index is 990. The topological polar surface area (TPSA) is 95.7 Å². The molecule has 5 rings (SSSR count). The van der Waals surface area contributed by atoms with Crippen LogP contribution in [0.4, 0.5) is 5.82 Å². The third-order valence-electron chi connectivity index (χ3n) is 7.20. The quantitative estimate of drug-likeness (QED) is 0.688. The number of aromatic nitrogens is 3. The minimum Gasteiger partial charge on any atom is -0.353 e. The first-order valence-electron chi connectivity index (χ1n) is 12.1. The van der Waals surface area contributed by atoms with E-state index in [9.17, 15) is 9.59 Å². The molecule has 1 aliphatic carbocycles. The van der Waals surface area contributed by atoms with Gasteiger partial charge in [0.15, 0.2) is 0 Å². The second-order valence-corrected chi connectivity index (χ2v) is 9.70. The highest BCUT2D eigenvalue weighted by Crippen LogP contribution is 2.34. The van der Waals surface area contributed by atoms with Crippen LogP contribution in [0.1, 0.15) is 57.8 Å². The van der Waals surface area contributed by atoms with Gasteiger partial charge in [0.1, 0.15) is 5.82 Å². The Morgan fingerprint density at radius 1 is 1.12 bits per heavy atom. The molecule has 2 aliphatic heterocycles. The number of hydrogen-bond donors (Lipinski definition) is 0. The fourth-order valence-electron chi connectivity index (χ4n) is 5.21. The lowest BCUT2D eigenvalue weighted by Gasteiger charge is -2.36. The Balaban J connectivity index is 1.16. The number of amides is 2. The van der Waals surface area contributed by atoms with Gasteiger partial charge in [0.2, 0.25) is 23.5 Å². The van der Waals surface area contributed by atoms with Crippen LogP contribution in [0.15, 0.2) is 22.9 Å². The van der Waals surface area contributed by atoms with E-state index >= 15 is 0 Å². The van der Waals surface area contributed by atoms with E-state index in [0.29, 0.717) is 37.8 Å². The zero-order valence-electron chi connectivity index (χ0n) is 19.4. The van der Waals surface area contributed by atoms with E-state index in [-0.39, 0.29) is 23.8 Å². The molecular formula is C24H32N6O3. The summed E-state index contributed by atoms with van der Waals surface area (Å²) in [7, 11) is 0. The molecule has 1 unspecified atom stereocenters. The van der Waals surface area contributed by atoms with Crippen LogP contribution >= 0.6 is 0 Å². The maximum atomic E-state index is 12.9. The van der Waals surface area contributed by atoms with Crippen LogP contribution in [0.5, 0.6) is 0 Å². The number of rotatable bonds is 5. The fraction of sp³-hybridized carbons (Fsp3) is 0.625. The number of pyridine rings is 1. The Hall–Kier alpha value is -2.97. The Kier molecular flexibility index (Phi) is 6.03. The fourth-order valence-corrected chi connectivity index (χ4v) is 5.21. The highest BCUT2D eigenvalue weighted by molar-refractivity contribution is 5.89. The lowest BCUT2D eigenvalue weighted by molar-refractivity contribution is -0.136. The van der Waals surface area contributed by atoms with Gasteiger partial charge in [0.05, 0.1) is 5.92 Å². The van der Waals surface area contributed by atoms with Crippen molar-refractivity contribution in [1.29, 1.82) is 0 Å². The summed E-state index contributed by atoms with van der Waals surface area (Å²) >= 11 is 0. The van der Waals surface area contributed by atoms with Crippen molar-refractivity contribution in [3.63, 3.8) is 0 Å². The van der Waals surface area contributed by atoms with Crippen molar-refractivity contribution in [2.45, 2.75) is 57.9 Å². The van der Waals surface area contributed by atoms with Gasteiger partial charge >= 0.3 is 0 Å². The molecule has 9 nitrogen and oxygen atoms in total. The molecule has 2 amide bonds. The molecule has 2 aromatic heterocycles. The third-order valence-corrected chi connectivity index (χ3v) is 7.20. The molecule has 2 aromatic rings. The van der Waals surface area contributed by atoms with Crippen LogP contribution in [-0.4, -0.2) is 75.5 Å². The van der Waals surface area contributed by atoms with Gasteiger partial charge < -0.3 is 19.2 Å². The predicted molar refractivity (Wildman–Crippen MR) is 122 cm³/mol. The zero-order chi connectivity index (χ0) is 22.9. The summed E-state index contributed by atoms with van der Waals surface area (Å²) in [6.45, 7) is 7.26. The maximum Gasteiger partial charge on any atom is 0.230 e. The van der Waals surface area contributed by atoms with Gasteiger partial charge in [-0.2, -0.15) is 4.98 Å². The summed E-state index contributed by atoms with van der Waals surface area (Å²) in [5, 5.41) is 4.15. The van der Waals surface area contributed by atoms with Crippen molar-refractivity contribution in [1.82, 2.24) is 24.9 Å². The summed E-state index contributed by atoms with van der Waals surface area (Å²) < 4.78 is 5.49. The van der Waals surface area contributed by atoms with E-state index in [4.69, 9.17) is 4.52 Å². The van der Waals surface area contributed by atoms with Gasteiger partial charge in [0, 0.05) is 62.9 Å². The van der Waals surface area contributed by atoms with E-state index in [1.807, 2.05) is 35.8 Å². The molecule has 2 saturated heterocycles. The van der Waals surface area contributed by atoms with E-state index in [0.717, 1.165) is 43.2 Å². The number of piperazine rings is 1.